The van der Waals surface area contributed by atoms with E-state index in [2.05, 4.69) is 0 Å². The van der Waals surface area contributed by atoms with Crippen molar-refractivity contribution in [2.75, 3.05) is 4.90 Å². The van der Waals surface area contributed by atoms with Gasteiger partial charge in [-0.3, -0.25) is 0 Å². The molecule has 4 rings (SSSR count). The third-order valence-electron chi connectivity index (χ3n) is 7.47. The Labute approximate surface area is 239 Å². The van der Waals surface area contributed by atoms with Crippen molar-refractivity contribution in [2.24, 2.45) is 0 Å². The van der Waals surface area contributed by atoms with Crippen LogP contribution in [0.25, 0.3) is 0 Å². The summed E-state index contributed by atoms with van der Waals surface area (Å²) in [4.78, 5) is 1.57. The molecule has 3 aromatic rings. The minimum Gasteiger partial charge on any atom is -0.399 e. The van der Waals surface area contributed by atoms with Crippen LogP contribution < -0.4 is 65.0 Å². The number of rotatable bonds is 4. The molecular formula is C24H16B11NO2. The van der Waals surface area contributed by atoms with Gasteiger partial charge in [-0.2, -0.15) is 0 Å². The van der Waals surface area contributed by atoms with Gasteiger partial charge < -0.3 is 14.2 Å². The lowest BCUT2D eigenvalue weighted by Gasteiger charge is -2.36. The monoisotopic (exact) mass is 471 g/mol. The summed E-state index contributed by atoms with van der Waals surface area (Å²) >= 11 is 0. The van der Waals surface area contributed by atoms with Crippen molar-refractivity contribution in [1.29, 1.82) is 0 Å². The van der Waals surface area contributed by atoms with E-state index in [9.17, 15) is 0 Å². The van der Waals surface area contributed by atoms with E-state index in [-0.39, 0.29) is 66.0 Å². The van der Waals surface area contributed by atoms with Crippen molar-refractivity contribution in [1.82, 2.24) is 0 Å². The molecule has 1 aliphatic rings. The average Bonchev–Trinajstić information content (AvgIpc) is 3.09. The molecule has 3 aromatic carbocycles. The predicted octanol–water partition coefficient (Wildman–Crippen LogP) is -6.61. The molecule has 0 unspecified atom stereocenters. The zero-order valence-electron chi connectivity index (χ0n) is 21.9. The largest absolute Gasteiger partial charge is 0.494 e. The molecule has 0 bridgehead atoms. The van der Waals surface area contributed by atoms with Crippen molar-refractivity contribution in [3.8, 4) is 0 Å². The highest BCUT2D eigenvalue weighted by molar-refractivity contribution is 6.71. The van der Waals surface area contributed by atoms with Crippen molar-refractivity contribution in [3.63, 3.8) is 0 Å². The van der Waals surface area contributed by atoms with Crippen LogP contribution in [0.2, 0.25) is 0 Å². The summed E-state index contributed by atoms with van der Waals surface area (Å²) < 4.78 is 12.4. The Morgan fingerprint density at radius 3 is 1.11 bits per heavy atom. The molecule has 162 valence electrons. The fourth-order valence-corrected chi connectivity index (χ4v) is 4.28. The van der Waals surface area contributed by atoms with Crippen LogP contribution in [0.15, 0.2) is 24.3 Å². The molecule has 0 aliphatic carbocycles. The zero-order chi connectivity index (χ0) is 28.5. The van der Waals surface area contributed by atoms with E-state index >= 15 is 0 Å². The second-order valence-electron chi connectivity index (χ2n) is 10.3. The molecule has 0 saturated carbocycles. The van der Waals surface area contributed by atoms with Crippen LogP contribution in [0.1, 0.15) is 27.7 Å². The van der Waals surface area contributed by atoms with Crippen LogP contribution >= 0.6 is 0 Å². The maximum atomic E-state index is 6.43. The molecule has 0 N–H and O–H groups in total. The van der Waals surface area contributed by atoms with E-state index in [0.717, 1.165) is 5.46 Å². The first-order chi connectivity index (χ1) is 17.5. The Kier molecular flexibility index (Phi) is 7.60. The van der Waals surface area contributed by atoms with Gasteiger partial charge in [-0.15, -0.1) is 32.8 Å². The Bertz CT molecular complexity index is 1300. The summed E-state index contributed by atoms with van der Waals surface area (Å²) in [6, 6.07) is 7.22. The summed E-state index contributed by atoms with van der Waals surface area (Å²) in [6.45, 7) is 7.91. The lowest BCUT2D eigenvalue weighted by atomic mass is 9.60. The van der Waals surface area contributed by atoms with Gasteiger partial charge in [0.1, 0.15) is 78.5 Å². The number of hydrogen-bond donors (Lipinski definition) is 0. The zero-order valence-corrected chi connectivity index (χ0v) is 21.9. The first kappa shape index (κ1) is 29.1. The molecule has 3 nitrogen and oxygen atoms in total. The average molecular weight is 469 g/mol. The van der Waals surface area contributed by atoms with Crippen molar-refractivity contribution >= 4 is 163 Å². The van der Waals surface area contributed by atoms with E-state index in [1.165, 1.54) is 0 Å². The maximum Gasteiger partial charge on any atom is 0.494 e. The second kappa shape index (κ2) is 9.93. The summed E-state index contributed by atoms with van der Waals surface area (Å²) in [6.07, 6.45) is 0. The fourth-order valence-electron chi connectivity index (χ4n) is 4.28. The number of anilines is 3. The molecule has 14 heteroatoms. The smallest absolute Gasteiger partial charge is 0.399 e. The quantitative estimate of drug-likeness (QED) is 0.355. The van der Waals surface area contributed by atoms with E-state index in [0.29, 0.717) is 5.69 Å². The lowest BCUT2D eigenvalue weighted by Crippen LogP contribution is -2.59. The third-order valence-corrected chi connectivity index (χ3v) is 7.47. The Balaban J connectivity index is 1.96. The van der Waals surface area contributed by atoms with Crippen LogP contribution in [0.4, 0.5) is 17.1 Å². The highest BCUT2D eigenvalue weighted by Crippen LogP contribution is 2.37. The molecule has 0 spiro atoms. The highest BCUT2D eigenvalue weighted by atomic mass is 16.7. The van der Waals surface area contributed by atoms with Crippen molar-refractivity contribution in [3.05, 3.63) is 24.3 Å². The molecule has 1 fully saturated rings. The van der Waals surface area contributed by atoms with Crippen LogP contribution in [0, 0.1) is 0 Å². The van der Waals surface area contributed by atoms with Crippen LogP contribution in [-0.4, -0.2) is 96.8 Å². The van der Waals surface area contributed by atoms with E-state index < -0.39 is 18.3 Å². The van der Waals surface area contributed by atoms with Gasteiger partial charge in [0.2, 0.25) is 0 Å². The van der Waals surface area contributed by atoms with E-state index in [1.807, 2.05) is 39.8 Å². The van der Waals surface area contributed by atoms with Gasteiger partial charge in [0, 0.05) is 17.1 Å². The van der Waals surface area contributed by atoms with Gasteiger partial charge in [-0.05, 0) is 45.3 Å². The van der Waals surface area contributed by atoms with Crippen molar-refractivity contribution < 1.29 is 9.31 Å². The predicted molar refractivity (Wildman–Crippen MR) is 171 cm³/mol. The standard InChI is InChI=1S/C24H16B11NO2/c1-23(2)24(3,4)38-35(37-23)9-5-7-10(8-6-9)36(21-17(31)13(27)11(25)14(28)18(21)32)22-19(33)15(29)12(26)16(30)20(22)34/h5-8H,1-4H3. The van der Waals surface area contributed by atoms with Gasteiger partial charge in [-0.1, -0.05) is 34.0 Å². The van der Waals surface area contributed by atoms with Crippen LogP contribution in [-0.2, 0) is 9.31 Å². The molecule has 0 aromatic heterocycles. The third kappa shape index (κ3) is 4.50. The highest BCUT2D eigenvalue weighted by Gasteiger charge is 2.51. The molecular weight excluding hydrogens is 453 g/mol. The molecule has 0 amide bonds. The molecule has 1 saturated heterocycles. The summed E-state index contributed by atoms with van der Waals surface area (Å²) in [5, 5.41) is 0. The van der Waals surface area contributed by atoms with Gasteiger partial charge in [0.25, 0.3) is 0 Å². The topological polar surface area (TPSA) is 21.7 Å². The molecule has 38 heavy (non-hydrogen) atoms. The lowest BCUT2D eigenvalue weighted by molar-refractivity contribution is 0.00578. The van der Waals surface area contributed by atoms with Gasteiger partial charge in [-0.25, -0.2) is 0 Å². The first-order valence-electron chi connectivity index (χ1n) is 11.8. The Morgan fingerprint density at radius 1 is 0.500 bits per heavy atom. The maximum absolute atomic E-state index is 6.43. The van der Waals surface area contributed by atoms with Crippen molar-refractivity contribution in [2.45, 2.75) is 38.9 Å². The Hall–Kier alpha value is -1.91. The molecule has 1 aliphatic heterocycles. The molecule has 1 heterocycles. The van der Waals surface area contributed by atoms with Crippen LogP contribution in [0.3, 0.4) is 0 Å². The fraction of sp³-hybridized carbons (Fsp3) is 0.250. The normalized spacial score (nSPS) is 16.1. The first-order valence-corrected chi connectivity index (χ1v) is 11.8. The summed E-state index contributed by atoms with van der Waals surface area (Å²) in [7, 11) is 62.0. The van der Waals surface area contributed by atoms with Crippen LogP contribution in [0.5, 0.6) is 0 Å². The Morgan fingerprint density at radius 2 is 0.789 bits per heavy atom. The number of hydrogen-bond acceptors (Lipinski definition) is 3. The summed E-state index contributed by atoms with van der Waals surface area (Å²) in [5.41, 5.74) is 1.15. The minimum atomic E-state index is -0.585. The number of nitrogens with zero attached hydrogens (tertiary/aromatic N) is 1. The number of benzene rings is 3. The SMILES string of the molecule is [B]c1c([B])c([B])c(N(c2ccc(B3OC(C)(C)C(C)(C)O3)cc2)c2c([B])c([B])c([B])c([B])c2[B])c([B])c1[B]. The van der Waals surface area contributed by atoms with E-state index in [4.69, 9.17) is 87.8 Å². The van der Waals surface area contributed by atoms with Gasteiger partial charge in [0.15, 0.2) is 0 Å². The molecule has 0 atom stereocenters. The van der Waals surface area contributed by atoms with E-state index in [1.54, 1.807) is 17.0 Å². The minimum absolute atomic E-state index is 0.0408. The molecule has 20 radical (unpaired) electrons. The van der Waals surface area contributed by atoms with Gasteiger partial charge in [0.05, 0.1) is 11.2 Å². The van der Waals surface area contributed by atoms with Gasteiger partial charge >= 0.3 is 7.12 Å². The summed E-state index contributed by atoms with van der Waals surface area (Å²) in [5.74, 6) is 0. The second-order valence-corrected chi connectivity index (χ2v) is 10.3.